The minimum Gasteiger partial charge on any atom is -0.393 e. The van der Waals surface area contributed by atoms with Gasteiger partial charge < -0.3 is 9.47 Å². The van der Waals surface area contributed by atoms with Crippen LogP contribution in [0, 0.1) is 5.41 Å². The van der Waals surface area contributed by atoms with Crippen LogP contribution < -0.4 is 9.47 Å². The highest BCUT2D eigenvalue weighted by atomic mass is 17.0. The van der Waals surface area contributed by atoms with Gasteiger partial charge in [-0.1, -0.05) is 93.6 Å². The Labute approximate surface area is 197 Å². The molecule has 0 saturated heterocycles. The topological polar surface area (TPSA) is 74.3 Å². The third-order valence-corrected chi connectivity index (χ3v) is 4.84. The van der Waals surface area contributed by atoms with Crippen LogP contribution in [0.15, 0.2) is 84.9 Å². The minimum absolute atomic E-state index is 0.0856. The molecule has 0 saturated carbocycles. The van der Waals surface area contributed by atoms with Crippen LogP contribution in [0.2, 0.25) is 0 Å². The monoisotopic (exact) mass is 459 g/mol. The van der Waals surface area contributed by atoms with Gasteiger partial charge in [0.25, 0.3) is 0 Å². The van der Waals surface area contributed by atoms with Crippen molar-refractivity contribution in [2.75, 3.05) is 6.54 Å². The maximum Gasteiger partial charge on any atom is 0.536 e. The molecule has 0 fully saturated rings. The van der Waals surface area contributed by atoms with E-state index in [0.29, 0.717) is 11.5 Å². The van der Waals surface area contributed by atoms with E-state index in [0.717, 1.165) is 26.8 Å². The van der Waals surface area contributed by atoms with Crippen LogP contribution in [0.3, 0.4) is 0 Å². The van der Waals surface area contributed by atoms with E-state index in [1.165, 1.54) is 0 Å². The molecule has 0 spiro atoms. The van der Waals surface area contributed by atoms with Crippen LogP contribution >= 0.6 is 0 Å². The van der Waals surface area contributed by atoms with Gasteiger partial charge in [-0.3, -0.25) is 9.68 Å². The standard InChI is InChI=1S/C27H25NO6/c1-27(2,3)18-28(33-25(29)31-23-16-8-12-19-10-4-6-14-21(19)23)34-26(30)32-24-17-9-13-20-11-5-7-15-22(20)24/h4-17H,18H2,1-3H3. The fourth-order valence-corrected chi connectivity index (χ4v) is 3.42. The van der Waals surface area contributed by atoms with Gasteiger partial charge in [0.2, 0.25) is 0 Å². The summed E-state index contributed by atoms with van der Waals surface area (Å²) in [4.78, 5) is 35.5. The fraction of sp³-hybridized carbons (Fsp3) is 0.185. The zero-order valence-electron chi connectivity index (χ0n) is 19.2. The Morgan fingerprint density at radius 3 is 1.50 bits per heavy atom. The molecule has 4 aromatic rings. The lowest BCUT2D eigenvalue weighted by Crippen LogP contribution is -2.38. The Bertz CT molecular complexity index is 1220. The highest BCUT2D eigenvalue weighted by Gasteiger charge is 2.26. The molecule has 0 aliphatic carbocycles. The van der Waals surface area contributed by atoms with Crippen LogP contribution in [-0.2, 0) is 9.68 Å². The number of fused-ring (bicyclic) bond motifs is 2. The molecule has 7 heteroatoms. The fourth-order valence-electron chi connectivity index (χ4n) is 3.42. The van der Waals surface area contributed by atoms with E-state index in [-0.39, 0.29) is 12.0 Å². The lowest BCUT2D eigenvalue weighted by Gasteiger charge is -2.25. The largest absolute Gasteiger partial charge is 0.536 e. The van der Waals surface area contributed by atoms with E-state index in [9.17, 15) is 9.59 Å². The maximum absolute atomic E-state index is 12.5. The Morgan fingerprint density at radius 1 is 0.647 bits per heavy atom. The first kappa shape index (κ1) is 23.1. The van der Waals surface area contributed by atoms with Gasteiger partial charge in [0.1, 0.15) is 11.5 Å². The second-order valence-corrected chi connectivity index (χ2v) is 8.89. The summed E-state index contributed by atoms with van der Waals surface area (Å²) < 4.78 is 10.8. The molecule has 0 bridgehead atoms. The van der Waals surface area contributed by atoms with Crippen molar-refractivity contribution in [1.29, 1.82) is 0 Å². The summed E-state index contributed by atoms with van der Waals surface area (Å²) in [6, 6.07) is 25.7. The van der Waals surface area contributed by atoms with E-state index < -0.39 is 12.3 Å². The number of carbonyl (C=O) groups excluding carboxylic acids is 2. The van der Waals surface area contributed by atoms with Crippen molar-refractivity contribution in [1.82, 2.24) is 5.23 Å². The molecule has 4 rings (SSSR count). The molecule has 4 aromatic carbocycles. The Hall–Kier alpha value is -4.10. The number of nitrogens with zero attached hydrogens (tertiary/aromatic N) is 1. The molecule has 0 heterocycles. The lowest BCUT2D eigenvalue weighted by atomic mass is 9.97. The molecular formula is C27H25NO6. The number of ether oxygens (including phenoxy) is 2. The van der Waals surface area contributed by atoms with Crippen LogP contribution in [0.5, 0.6) is 11.5 Å². The summed E-state index contributed by atoms with van der Waals surface area (Å²) in [5.41, 5.74) is -0.376. The second kappa shape index (κ2) is 9.80. The molecule has 174 valence electrons. The smallest absolute Gasteiger partial charge is 0.393 e. The molecule has 0 unspecified atom stereocenters. The first-order chi connectivity index (χ1) is 16.3. The molecule has 7 nitrogen and oxygen atoms in total. The average molecular weight is 459 g/mol. The zero-order valence-corrected chi connectivity index (χ0v) is 19.2. The van der Waals surface area contributed by atoms with E-state index in [1.54, 1.807) is 24.3 Å². The van der Waals surface area contributed by atoms with E-state index in [4.69, 9.17) is 19.1 Å². The molecule has 0 radical (unpaired) electrons. The summed E-state index contributed by atoms with van der Waals surface area (Å²) >= 11 is 0. The Morgan fingerprint density at radius 2 is 1.06 bits per heavy atom. The summed E-state index contributed by atoms with van der Waals surface area (Å²) in [6.45, 7) is 5.79. The summed E-state index contributed by atoms with van der Waals surface area (Å²) in [6.07, 6.45) is -2.09. The third kappa shape index (κ3) is 5.82. The highest BCUT2D eigenvalue weighted by molar-refractivity contribution is 5.90. The van der Waals surface area contributed by atoms with Crippen LogP contribution in [0.25, 0.3) is 21.5 Å². The van der Waals surface area contributed by atoms with Crippen molar-refractivity contribution in [2.45, 2.75) is 20.8 Å². The minimum atomic E-state index is -1.04. The van der Waals surface area contributed by atoms with Crippen molar-refractivity contribution >= 4 is 33.9 Å². The van der Waals surface area contributed by atoms with Gasteiger partial charge in [0.15, 0.2) is 0 Å². The van der Waals surface area contributed by atoms with Gasteiger partial charge in [-0.15, -0.1) is 0 Å². The number of hydrogen-bond donors (Lipinski definition) is 0. The Kier molecular flexibility index (Phi) is 6.65. The Balaban J connectivity index is 1.46. The summed E-state index contributed by atoms with van der Waals surface area (Å²) in [5.74, 6) is 0.661. The number of hydrogen-bond acceptors (Lipinski definition) is 7. The van der Waals surface area contributed by atoms with Gasteiger partial charge in [-0.25, -0.2) is 9.59 Å². The van der Waals surface area contributed by atoms with Crippen molar-refractivity contribution in [3.05, 3.63) is 84.9 Å². The predicted octanol–water partition coefficient (Wildman–Crippen LogP) is 6.90. The van der Waals surface area contributed by atoms with Crippen LogP contribution in [-0.4, -0.2) is 24.1 Å². The normalized spacial score (nSPS) is 11.4. The van der Waals surface area contributed by atoms with E-state index in [1.807, 2.05) is 81.4 Å². The van der Waals surface area contributed by atoms with Crippen molar-refractivity contribution in [3.8, 4) is 11.5 Å². The summed E-state index contributed by atoms with van der Waals surface area (Å²) in [7, 11) is 0. The van der Waals surface area contributed by atoms with E-state index in [2.05, 4.69) is 0 Å². The quantitative estimate of drug-likeness (QED) is 0.182. The molecule has 34 heavy (non-hydrogen) atoms. The van der Waals surface area contributed by atoms with Crippen LogP contribution in [0.1, 0.15) is 20.8 Å². The van der Waals surface area contributed by atoms with E-state index >= 15 is 0 Å². The zero-order chi connectivity index (χ0) is 24.1. The number of hydroxylamine groups is 2. The molecule has 0 N–H and O–H groups in total. The first-order valence-electron chi connectivity index (χ1n) is 10.8. The average Bonchev–Trinajstić information content (AvgIpc) is 2.78. The van der Waals surface area contributed by atoms with Crippen LogP contribution in [0.4, 0.5) is 9.59 Å². The van der Waals surface area contributed by atoms with Crippen molar-refractivity contribution < 1.29 is 28.7 Å². The number of rotatable bonds is 5. The second-order valence-electron chi connectivity index (χ2n) is 8.89. The molecular weight excluding hydrogens is 434 g/mol. The lowest BCUT2D eigenvalue weighted by molar-refractivity contribution is -0.316. The molecule has 0 aliphatic rings. The van der Waals surface area contributed by atoms with Crippen molar-refractivity contribution in [2.24, 2.45) is 5.41 Å². The van der Waals surface area contributed by atoms with Gasteiger partial charge in [0, 0.05) is 16.0 Å². The van der Waals surface area contributed by atoms with Gasteiger partial charge in [-0.05, 0) is 28.3 Å². The van der Waals surface area contributed by atoms with Gasteiger partial charge >= 0.3 is 12.3 Å². The highest BCUT2D eigenvalue weighted by Crippen LogP contribution is 2.27. The molecule has 0 aromatic heterocycles. The molecule has 0 aliphatic heterocycles. The SMILES string of the molecule is CC(C)(C)CN(OC(=O)Oc1cccc2ccccc12)OC(=O)Oc1cccc2ccccc12. The maximum atomic E-state index is 12.5. The summed E-state index contributed by atoms with van der Waals surface area (Å²) in [5, 5.41) is 4.10. The van der Waals surface area contributed by atoms with Gasteiger partial charge in [0.05, 0.1) is 6.54 Å². The molecule has 0 amide bonds. The molecule has 0 atom stereocenters. The third-order valence-electron chi connectivity index (χ3n) is 4.84. The van der Waals surface area contributed by atoms with Gasteiger partial charge in [-0.2, -0.15) is 0 Å². The predicted molar refractivity (Wildman–Crippen MR) is 128 cm³/mol. The number of carbonyl (C=O) groups is 2. The first-order valence-corrected chi connectivity index (χ1v) is 10.8. The van der Waals surface area contributed by atoms with Crippen molar-refractivity contribution in [3.63, 3.8) is 0 Å². The number of benzene rings is 4.